The van der Waals surface area contributed by atoms with Crippen LogP contribution in [0.4, 0.5) is 5.69 Å². The second kappa shape index (κ2) is 6.72. The van der Waals surface area contributed by atoms with Crippen molar-refractivity contribution in [1.29, 1.82) is 0 Å². The van der Waals surface area contributed by atoms with Gasteiger partial charge in [-0.25, -0.2) is 0 Å². The molecule has 2 rings (SSSR count). The molecule has 1 unspecified atom stereocenters. The second-order valence-electron chi connectivity index (χ2n) is 5.47. The predicted molar refractivity (Wildman–Crippen MR) is 81.6 cm³/mol. The van der Waals surface area contributed by atoms with Gasteiger partial charge in [0.15, 0.2) is 0 Å². The van der Waals surface area contributed by atoms with Crippen LogP contribution in [0.3, 0.4) is 0 Å². The Balaban J connectivity index is 1.79. The Morgan fingerprint density at radius 1 is 1.30 bits per heavy atom. The standard InChI is InChI=1S/C15H24N4O/c1-12-3-2-4-13(11-12)19-9-7-18(8-10-19)6-5-14(16)15(17)20/h2-4,11,14H,5-10,16H2,1H3,(H2,17,20). The molecule has 5 nitrogen and oxygen atoms in total. The van der Waals surface area contributed by atoms with Crippen LogP contribution in [0.25, 0.3) is 0 Å². The quantitative estimate of drug-likeness (QED) is 0.812. The van der Waals surface area contributed by atoms with Crippen LogP contribution in [0.5, 0.6) is 0 Å². The van der Waals surface area contributed by atoms with Gasteiger partial charge in [-0.2, -0.15) is 0 Å². The van der Waals surface area contributed by atoms with E-state index in [0.29, 0.717) is 6.42 Å². The molecule has 4 N–H and O–H groups in total. The average Bonchev–Trinajstić information content (AvgIpc) is 2.45. The van der Waals surface area contributed by atoms with Crippen molar-refractivity contribution in [1.82, 2.24) is 4.90 Å². The number of rotatable bonds is 5. The molecule has 0 aliphatic carbocycles. The number of piperazine rings is 1. The molecule has 1 atom stereocenters. The van der Waals surface area contributed by atoms with Gasteiger partial charge in [0.2, 0.25) is 5.91 Å². The van der Waals surface area contributed by atoms with Gasteiger partial charge < -0.3 is 16.4 Å². The van der Waals surface area contributed by atoms with Crippen LogP contribution in [0.2, 0.25) is 0 Å². The van der Waals surface area contributed by atoms with Crippen molar-refractivity contribution in [3.05, 3.63) is 29.8 Å². The van der Waals surface area contributed by atoms with Gasteiger partial charge in [-0.05, 0) is 31.0 Å². The Hall–Kier alpha value is -1.59. The zero-order valence-electron chi connectivity index (χ0n) is 12.1. The highest BCUT2D eigenvalue weighted by molar-refractivity contribution is 5.79. The number of anilines is 1. The molecule has 1 saturated heterocycles. The minimum atomic E-state index is -0.523. The average molecular weight is 276 g/mol. The third kappa shape index (κ3) is 3.95. The third-order valence-corrected chi connectivity index (χ3v) is 3.86. The molecular weight excluding hydrogens is 252 g/mol. The Kier molecular flexibility index (Phi) is 4.98. The maximum Gasteiger partial charge on any atom is 0.234 e. The number of hydrogen-bond acceptors (Lipinski definition) is 4. The molecule has 1 aromatic rings. The molecule has 1 heterocycles. The van der Waals surface area contributed by atoms with E-state index in [9.17, 15) is 4.79 Å². The first-order chi connectivity index (χ1) is 9.56. The van der Waals surface area contributed by atoms with Gasteiger partial charge in [-0.1, -0.05) is 12.1 Å². The van der Waals surface area contributed by atoms with Gasteiger partial charge in [-0.15, -0.1) is 0 Å². The molecule has 1 aliphatic rings. The van der Waals surface area contributed by atoms with E-state index in [1.807, 2.05) is 0 Å². The first-order valence-corrected chi connectivity index (χ1v) is 7.15. The van der Waals surface area contributed by atoms with Gasteiger partial charge in [0.25, 0.3) is 0 Å². The van der Waals surface area contributed by atoms with Gasteiger partial charge in [0.05, 0.1) is 6.04 Å². The minimum absolute atomic E-state index is 0.414. The Morgan fingerprint density at radius 2 is 2.00 bits per heavy atom. The largest absolute Gasteiger partial charge is 0.369 e. The number of primary amides is 1. The molecule has 1 fully saturated rings. The lowest BCUT2D eigenvalue weighted by Gasteiger charge is -2.36. The van der Waals surface area contributed by atoms with Crippen LogP contribution in [0.15, 0.2) is 24.3 Å². The normalized spacial score (nSPS) is 18.0. The lowest BCUT2D eigenvalue weighted by molar-refractivity contribution is -0.119. The van der Waals surface area contributed by atoms with E-state index in [1.165, 1.54) is 11.3 Å². The third-order valence-electron chi connectivity index (χ3n) is 3.86. The zero-order valence-corrected chi connectivity index (χ0v) is 12.1. The summed E-state index contributed by atoms with van der Waals surface area (Å²) in [6, 6.07) is 8.07. The summed E-state index contributed by atoms with van der Waals surface area (Å²) in [6.45, 7) is 6.97. The summed E-state index contributed by atoms with van der Waals surface area (Å²) in [7, 11) is 0. The summed E-state index contributed by atoms with van der Waals surface area (Å²) in [6.07, 6.45) is 0.639. The summed E-state index contributed by atoms with van der Waals surface area (Å²) in [5.74, 6) is -0.414. The molecular formula is C15H24N4O. The summed E-state index contributed by atoms with van der Waals surface area (Å²) in [5, 5.41) is 0. The van der Waals surface area contributed by atoms with Crippen molar-refractivity contribution in [3.63, 3.8) is 0 Å². The predicted octanol–water partition coefficient (Wildman–Crippen LogP) is 0.320. The van der Waals surface area contributed by atoms with Gasteiger partial charge in [0.1, 0.15) is 0 Å². The number of carbonyl (C=O) groups excluding carboxylic acids is 1. The molecule has 110 valence electrons. The van der Waals surface area contributed by atoms with E-state index >= 15 is 0 Å². The minimum Gasteiger partial charge on any atom is -0.369 e. The van der Waals surface area contributed by atoms with Crippen molar-refractivity contribution < 1.29 is 4.79 Å². The maximum atomic E-state index is 10.9. The van der Waals surface area contributed by atoms with E-state index in [-0.39, 0.29) is 0 Å². The van der Waals surface area contributed by atoms with Crippen molar-refractivity contribution >= 4 is 11.6 Å². The molecule has 0 saturated carbocycles. The Bertz CT molecular complexity index is 455. The molecule has 1 amide bonds. The lowest BCUT2D eigenvalue weighted by Crippen LogP contribution is -2.48. The smallest absolute Gasteiger partial charge is 0.234 e. The van der Waals surface area contributed by atoms with Crippen molar-refractivity contribution in [2.24, 2.45) is 11.5 Å². The first-order valence-electron chi connectivity index (χ1n) is 7.15. The van der Waals surface area contributed by atoms with E-state index in [1.54, 1.807) is 0 Å². The molecule has 0 radical (unpaired) electrons. The van der Waals surface area contributed by atoms with Crippen molar-refractivity contribution in [2.75, 3.05) is 37.6 Å². The fourth-order valence-corrected chi connectivity index (χ4v) is 2.52. The SMILES string of the molecule is Cc1cccc(N2CCN(CCC(N)C(N)=O)CC2)c1. The van der Waals surface area contributed by atoms with E-state index in [0.717, 1.165) is 32.7 Å². The molecule has 5 heteroatoms. The topological polar surface area (TPSA) is 75.6 Å². The molecule has 1 aliphatic heterocycles. The van der Waals surface area contributed by atoms with Crippen LogP contribution >= 0.6 is 0 Å². The van der Waals surface area contributed by atoms with E-state index in [2.05, 4.69) is 41.0 Å². The van der Waals surface area contributed by atoms with E-state index in [4.69, 9.17) is 11.5 Å². The first kappa shape index (κ1) is 14.8. The van der Waals surface area contributed by atoms with E-state index < -0.39 is 11.9 Å². The Labute approximate surface area is 120 Å². The summed E-state index contributed by atoms with van der Waals surface area (Å²) in [4.78, 5) is 15.7. The van der Waals surface area contributed by atoms with Crippen molar-refractivity contribution in [2.45, 2.75) is 19.4 Å². The fourth-order valence-electron chi connectivity index (χ4n) is 2.52. The van der Waals surface area contributed by atoms with Gasteiger partial charge >= 0.3 is 0 Å². The summed E-state index contributed by atoms with van der Waals surface area (Å²) < 4.78 is 0. The van der Waals surface area contributed by atoms with Crippen LogP contribution in [-0.2, 0) is 4.79 Å². The molecule has 0 aromatic heterocycles. The highest BCUT2D eigenvalue weighted by atomic mass is 16.1. The number of amides is 1. The van der Waals surface area contributed by atoms with Gasteiger partial charge in [-0.3, -0.25) is 9.69 Å². The lowest BCUT2D eigenvalue weighted by atomic mass is 10.1. The maximum absolute atomic E-state index is 10.9. The number of aryl methyl sites for hydroxylation is 1. The number of carbonyl (C=O) groups is 1. The molecule has 20 heavy (non-hydrogen) atoms. The second-order valence-corrected chi connectivity index (χ2v) is 5.47. The van der Waals surface area contributed by atoms with Crippen LogP contribution in [0.1, 0.15) is 12.0 Å². The molecule has 0 spiro atoms. The number of hydrogen-bond donors (Lipinski definition) is 2. The number of nitrogens with zero attached hydrogens (tertiary/aromatic N) is 2. The molecule has 1 aromatic carbocycles. The highest BCUT2D eigenvalue weighted by Gasteiger charge is 2.18. The van der Waals surface area contributed by atoms with Crippen LogP contribution < -0.4 is 16.4 Å². The molecule has 0 bridgehead atoms. The summed E-state index contributed by atoms with van der Waals surface area (Å²) >= 11 is 0. The monoisotopic (exact) mass is 276 g/mol. The number of nitrogens with two attached hydrogens (primary N) is 2. The van der Waals surface area contributed by atoms with Gasteiger partial charge in [0, 0.05) is 38.4 Å². The van der Waals surface area contributed by atoms with Crippen molar-refractivity contribution in [3.8, 4) is 0 Å². The summed E-state index contributed by atoms with van der Waals surface area (Å²) in [5.41, 5.74) is 13.4. The Morgan fingerprint density at radius 3 is 2.60 bits per heavy atom. The van der Waals surface area contributed by atoms with Crippen LogP contribution in [0, 0.1) is 6.92 Å². The highest BCUT2D eigenvalue weighted by Crippen LogP contribution is 2.17. The number of benzene rings is 1. The fraction of sp³-hybridized carbons (Fsp3) is 0.533. The zero-order chi connectivity index (χ0) is 14.5. The van der Waals surface area contributed by atoms with Crippen LogP contribution in [-0.4, -0.2) is 49.6 Å².